The summed E-state index contributed by atoms with van der Waals surface area (Å²) >= 11 is 1.58. The molecule has 152 valence electrons. The minimum atomic E-state index is -0.153. The SMILES string of the molecule is COc1ccc(C)cc1N1C(=O)CS[C@H]1c1ccc(NC(=O)c2ccccc2)cc1. The van der Waals surface area contributed by atoms with E-state index in [0.29, 0.717) is 22.8 Å². The third-order valence-electron chi connectivity index (χ3n) is 4.95. The van der Waals surface area contributed by atoms with Crippen LogP contribution in [0.25, 0.3) is 0 Å². The van der Waals surface area contributed by atoms with E-state index < -0.39 is 0 Å². The fraction of sp³-hybridized carbons (Fsp3) is 0.167. The number of rotatable bonds is 5. The first-order chi connectivity index (χ1) is 14.6. The Morgan fingerprint density at radius 3 is 2.50 bits per heavy atom. The van der Waals surface area contributed by atoms with Crippen LogP contribution in [0.4, 0.5) is 11.4 Å². The Hall–Kier alpha value is -3.25. The van der Waals surface area contributed by atoms with Crippen LogP contribution in [0.5, 0.6) is 5.75 Å². The Bertz CT molecular complexity index is 1070. The average Bonchev–Trinajstić information content (AvgIpc) is 3.16. The van der Waals surface area contributed by atoms with Gasteiger partial charge >= 0.3 is 0 Å². The fourth-order valence-electron chi connectivity index (χ4n) is 3.44. The summed E-state index contributed by atoms with van der Waals surface area (Å²) in [4.78, 5) is 26.9. The zero-order valence-corrected chi connectivity index (χ0v) is 17.6. The van der Waals surface area contributed by atoms with Crippen LogP contribution in [-0.4, -0.2) is 24.7 Å². The Kier molecular flexibility index (Phi) is 5.77. The van der Waals surface area contributed by atoms with Gasteiger partial charge in [0.05, 0.1) is 18.6 Å². The van der Waals surface area contributed by atoms with Crippen LogP contribution < -0.4 is 15.0 Å². The van der Waals surface area contributed by atoms with Crippen molar-refractivity contribution < 1.29 is 14.3 Å². The molecule has 0 bridgehead atoms. The summed E-state index contributed by atoms with van der Waals surface area (Å²) in [5, 5.41) is 2.76. The summed E-state index contributed by atoms with van der Waals surface area (Å²) in [6, 6.07) is 22.6. The van der Waals surface area contributed by atoms with E-state index in [1.54, 1.807) is 35.9 Å². The smallest absolute Gasteiger partial charge is 0.255 e. The van der Waals surface area contributed by atoms with Gasteiger partial charge in [-0.3, -0.25) is 14.5 Å². The van der Waals surface area contributed by atoms with Gasteiger partial charge in [-0.2, -0.15) is 0 Å². The largest absolute Gasteiger partial charge is 0.495 e. The van der Waals surface area contributed by atoms with E-state index in [-0.39, 0.29) is 17.2 Å². The first-order valence-electron chi connectivity index (χ1n) is 9.61. The van der Waals surface area contributed by atoms with Gasteiger partial charge in [0.1, 0.15) is 11.1 Å². The van der Waals surface area contributed by atoms with E-state index in [2.05, 4.69) is 5.32 Å². The number of nitrogens with zero attached hydrogens (tertiary/aromatic N) is 1. The van der Waals surface area contributed by atoms with E-state index in [0.717, 1.165) is 16.8 Å². The predicted octanol–water partition coefficient (Wildman–Crippen LogP) is 5.03. The molecule has 4 rings (SSSR count). The molecule has 0 saturated carbocycles. The predicted molar refractivity (Wildman–Crippen MR) is 121 cm³/mol. The van der Waals surface area contributed by atoms with Crippen LogP contribution in [0.15, 0.2) is 72.8 Å². The van der Waals surface area contributed by atoms with Crippen molar-refractivity contribution in [1.29, 1.82) is 0 Å². The van der Waals surface area contributed by atoms with Crippen molar-refractivity contribution in [3.63, 3.8) is 0 Å². The molecule has 0 aromatic heterocycles. The molecule has 1 heterocycles. The fourth-order valence-corrected chi connectivity index (χ4v) is 4.61. The molecule has 3 aromatic carbocycles. The van der Waals surface area contributed by atoms with E-state index in [1.807, 2.05) is 67.6 Å². The van der Waals surface area contributed by atoms with Crippen molar-refractivity contribution in [3.8, 4) is 5.75 Å². The lowest BCUT2D eigenvalue weighted by atomic mass is 10.1. The lowest BCUT2D eigenvalue weighted by Crippen LogP contribution is -2.28. The van der Waals surface area contributed by atoms with E-state index in [1.165, 1.54) is 0 Å². The molecule has 0 spiro atoms. The first-order valence-corrected chi connectivity index (χ1v) is 10.7. The van der Waals surface area contributed by atoms with Gasteiger partial charge in [0.25, 0.3) is 5.91 Å². The second-order valence-electron chi connectivity index (χ2n) is 7.04. The van der Waals surface area contributed by atoms with Crippen molar-refractivity contribution in [2.24, 2.45) is 0 Å². The molecular formula is C24H22N2O3S. The maximum Gasteiger partial charge on any atom is 0.255 e. The van der Waals surface area contributed by atoms with Crippen molar-refractivity contribution in [2.75, 3.05) is 23.1 Å². The lowest BCUT2D eigenvalue weighted by Gasteiger charge is -2.26. The maximum absolute atomic E-state index is 12.7. The summed E-state index contributed by atoms with van der Waals surface area (Å²) in [5.74, 6) is 0.984. The highest BCUT2D eigenvalue weighted by Crippen LogP contribution is 2.45. The highest BCUT2D eigenvalue weighted by Gasteiger charge is 2.35. The Morgan fingerprint density at radius 2 is 1.80 bits per heavy atom. The van der Waals surface area contributed by atoms with Gasteiger partial charge < -0.3 is 10.1 Å². The molecule has 3 aromatic rings. The van der Waals surface area contributed by atoms with Crippen LogP contribution >= 0.6 is 11.8 Å². The summed E-state index contributed by atoms with van der Waals surface area (Å²) < 4.78 is 5.50. The molecular weight excluding hydrogens is 396 g/mol. The molecule has 30 heavy (non-hydrogen) atoms. The molecule has 6 heteroatoms. The monoisotopic (exact) mass is 418 g/mol. The summed E-state index contributed by atoms with van der Waals surface area (Å²) in [5.41, 5.74) is 4.15. The summed E-state index contributed by atoms with van der Waals surface area (Å²) in [7, 11) is 1.61. The Balaban J connectivity index is 1.57. The third kappa shape index (κ3) is 4.04. The quantitative estimate of drug-likeness (QED) is 0.631. The Morgan fingerprint density at radius 1 is 1.07 bits per heavy atom. The lowest BCUT2D eigenvalue weighted by molar-refractivity contribution is -0.115. The number of amides is 2. The first kappa shape index (κ1) is 20.0. The van der Waals surface area contributed by atoms with Crippen molar-refractivity contribution in [2.45, 2.75) is 12.3 Å². The molecule has 1 N–H and O–H groups in total. The van der Waals surface area contributed by atoms with Crippen LogP contribution in [0.2, 0.25) is 0 Å². The van der Waals surface area contributed by atoms with E-state index in [4.69, 9.17) is 4.74 Å². The highest BCUT2D eigenvalue weighted by atomic mass is 32.2. The van der Waals surface area contributed by atoms with Gasteiger partial charge in [-0.15, -0.1) is 11.8 Å². The molecule has 0 unspecified atom stereocenters. The zero-order chi connectivity index (χ0) is 21.1. The number of nitrogens with one attached hydrogen (secondary N) is 1. The molecule has 1 atom stereocenters. The number of benzene rings is 3. The second kappa shape index (κ2) is 8.63. The topological polar surface area (TPSA) is 58.6 Å². The molecule has 2 amide bonds. The molecule has 1 saturated heterocycles. The van der Waals surface area contributed by atoms with Crippen LogP contribution in [0, 0.1) is 6.92 Å². The molecule has 0 aliphatic carbocycles. The molecule has 1 fully saturated rings. The Labute approximate surface area is 180 Å². The normalized spacial score (nSPS) is 15.9. The van der Waals surface area contributed by atoms with Crippen LogP contribution in [0.3, 0.4) is 0 Å². The molecule has 5 nitrogen and oxygen atoms in total. The number of hydrogen-bond acceptors (Lipinski definition) is 4. The van der Waals surface area contributed by atoms with E-state index in [9.17, 15) is 9.59 Å². The standard InChI is InChI=1S/C24H22N2O3S/c1-16-8-13-21(29-2)20(14-16)26-22(27)15-30-24(26)18-9-11-19(12-10-18)25-23(28)17-6-4-3-5-7-17/h3-14,24H,15H2,1-2H3,(H,25,28)/t24-/m0/s1. The van der Waals surface area contributed by atoms with Gasteiger partial charge in [-0.25, -0.2) is 0 Å². The van der Waals surface area contributed by atoms with Crippen molar-refractivity contribution >= 4 is 35.0 Å². The van der Waals surface area contributed by atoms with Gasteiger partial charge in [0, 0.05) is 11.3 Å². The van der Waals surface area contributed by atoms with Crippen LogP contribution in [-0.2, 0) is 4.79 Å². The number of thioether (sulfide) groups is 1. The number of methoxy groups -OCH3 is 1. The number of anilines is 2. The number of carbonyl (C=O) groups is 2. The molecule has 0 radical (unpaired) electrons. The summed E-state index contributed by atoms with van der Waals surface area (Å²) in [6.07, 6.45) is 0. The highest BCUT2D eigenvalue weighted by molar-refractivity contribution is 8.00. The number of carbonyl (C=O) groups excluding carboxylic acids is 2. The second-order valence-corrected chi connectivity index (χ2v) is 8.11. The van der Waals surface area contributed by atoms with E-state index >= 15 is 0 Å². The average molecular weight is 419 g/mol. The van der Waals surface area contributed by atoms with Gasteiger partial charge in [-0.05, 0) is 54.4 Å². The van der Waals surface area contributed by atoms with Crippen molar-refractivity contribution in [3.05, 3.63) is 89.5 Å². The summed E-state index contributed by atoms with van der Waals surface area (Å²) in [6.45, 7) is 2.00. The van der Waals surface area contributed by atoms with Gasteiger partial charge in [0.2, 0.25) is 5.91 Å². The zero-order valence-electron chi connectivity index (χ0n) is 16.8. The minimum Gasteiger partial charge on any atom is -0.495 e. The molecule has 1 aliphatic heterocycles. The number of aryl methyl sites for hydroxylation is 1. The molecule has 1 aliphatic rings. The van der Waals surface area contributed by atoms with Gasteiger partial charge in [-0.1, -0.05) is 36.4 Å². The number of ether oxygens (including phenoxy) is 1. The number of hydrogen-bond donors (Lipinski definition) is 1. The van der Waals surface area contributed by atoms with Gasteiger partial charge in [0.15, 0.2) is 0 Å². The van der Waals surface area contributed by atoms with Crippen molar-refractivity contribution in [1.82, 2.24) is 0 Å². The van der Waals surface area contributed by atoms with Crippen LogP contribution in [0.1, 0.15) is 26.9 Å². The minimum absolute atomic E-state index is 0.0513. The maximum atomic E-state index is 12.7. The third-order valence-corrected chi connectivity index (χ3v) is 6.16.